The largest absolute Gasteiger partial charge is 0.273 e. The van der Waals surface area contributed by atoms with Crippen LogP contribution in [0.15, 0.2) is 11.1 Å². The first-order valence-corrected chi connectivity index (χ1v) is 3.67. The Morgan fingerprint density at radius 3 is 2.55 bits per heavy atom. The summed E-state index contributed by atoms with van der Waals surface area (Å²) < 4.78 is 0. The molecule has 0 radical (unpaired) electrons. The SMILES string of the molecule is CC(=O)N1CC(C)=C(C)CO1. The Balaban J connectivity index is 2.64. The van der Waals surface area contributed by atoms with E-state index >= 15 is 0 Å². The van der Waals surface area contributed by atoms with Gasteiger partial charge >= 0.3 is 0 Å². The minimum Gasteiger partial charge on any atom is -0.273 e. The standard InChI is InChI=1S/C8H13NO2/c1-6-4-9(8(3)10)11-5-7(6)2/h4-5H2,1-3H3. The van der Waals surface area contributed by atoms with E-state index < -0.39 is 0 Å². The van der Waals surface area contributed by atoms with Crippen molar-refractivity contribution in [3.63, 3.8) is 0 Å². The fourth-order valence-electron chi connectivity index (χ4n) is 0.896. The molecule has 62 valence electrons. The molecule has 3 heteroatoms. The van der Waals surface area contributed by atoms with Crippen LogP contribution >= 0.6 is 0 Å². The quantitative estimate of drug-likeness (QED) is 0.490. The van der Waals surface area contributed by atoms with Crippen molar-refractivity contribution in [3.05, 3.63) is 11.1 Å². The van der Waals surface area contributed by atoms with Gasteiger partial charge in [-0.1, -0.05) is 5.57 Å². The normalized spacial score (nSPS) is 19.0. The summed E-state index contributed by atoms with van der Waals surface area (Å²) in [6, 6.07) is 0. The van der Waals surface area contributed by atoms with E-state index in [1.165, 1.54) is 23.1 Å². The number of rotatable bonds is 0. The lowest BCUT2D eigenvalue weighted by Gasteiger charge is -2.26. The second kappa shape index (κ2) is 3.05. The highest BCUT2D eigenvalue weighted by Crippen LogP contribution is 2.13. The zero-order chi connectivity index (χ0) is 8.43. The third-order valence-corrected chi connectivity index (χ3v) is 1.90. The van der Waals surface area contributed by atoms with Gasteiger partial charge in [0.2, 0.25) is 5.91 Å². The van der Waals surface area contributed by atoms with E-state index in [1.54, 1.807) is 0 Å². The molecule has 1 heterocycles. The lowest BCUT2D eigenvalue weighted by atomic mass is 10.1. The molecule has 0 aromatic heterocycles. The Hall–Kier alpha value is -0.830. The van der Waals surface area contributed by atoms with E-state index in [9.17, 15) is 4.79 Å². The number of hydrogen-bond acceptors (Lipinski definition) is 2. The first kappa shape index (κ1) is 8.27. The molecule has 1 rings (SSSR count). The minimum atomic E-state index is -0.0307. The zero-order valence-corrected chi connectivity index (χ0v) is 7.18. The summed E-state index contributed by atoms with van der Waals surface area (Å²) in [5, 5.41) is 1.39. The Kier molecular flexibility index (Phi) is 2.29. The average molecular weight is 155 g/mol. The van der Waals surface area contributed by atoms with Crippen molar-refractivity contribution in [2.24, 2.45) is 0 Å². The summed E-state index contributed by atoms with van der Waals surface area (Å²) in [6.07, 6.45) is 0. The summed E-state index contributed by atoms with van der Waals surface area (Å²) >= 11 is 0. The molecule has 0 saturated carbocycles. The number of carbonyl (C=O) groups excluding carboxylic acids is 1. The molecule has 0 bridgehead atoms. The lowest BCUT2D eigenvalue weighted by Crippen LogP contribution is -2.34. The van der Waals surface area contributed by atoms with Gasteiger partial charge < -0.3 is 0 Å². The summed E-state index contributed by atoms with van der Waals surface area (Å²) in [7, 11) is 0. The van der Waals surface area contributed by atoms with Gasteiger partial charge in [-0.2, -0.15) is 0 Å². The second-order valence-electron chi connectivity index (χ2n) is 2.89. The highest BCUT2D eigenvalue weighted by molar-refractivity contribution is 5.72. The van der Waals surface area contributed by atoms with Crippen molar-refractivity contribution in [1.82, 2.24) is 5.06 Å². The molecule has 0 saturated heterocycles. The fourth-order valence-corrected chi connectivity index (χ4v) is 0.896. The molecule has 0 aliphatic carbocycles. The molecule has 1 aliphatic rings. The Bertz CT molecular complexity index is 208. The predicted molar refractivity (Wildman–Crippen MR) is 41.7 cm³/mol. The maximum Gasteiger partial charge on any atom is 0.243 e. The maximum absolute atomic E-state index is 10.8. The number of hydroxylamine groups is 2. The van der Waals surface area contributed by atoms with E-state index in [-0.39, 0.29) is 5.91 Å². The Morgan fingerprint density at radius 2 is 2.09 bits per heavy atom. The molecule has 0 fully saturated rings. The van der Waals surface area contributed by atoms with E-state index in [2.05, 4.69) is 0 Å². The Morgan fingerprint density at radius 1 is 1.45 bits per heavy atom. The lowest BCUT2D eigenvalue weighted by molar-refractivity contribution is -0.181. The van der Waals surface area contributed by atoms with Gasteiger partial charge in [0.05, 0.1) is 13.2 Å². The summed E-state index contributed by atoms with van der Waals surface area (Å²) in [6.45, 7) is 6.71. The first-order chi connectivity index (χ1) is 5.11. The Labute approximate surface area is 66.6 Å². The van der Waals surface area contributed by atoms with Crippen molar-refractivity contribution in [1.29, 1.82) is 0 Å². The molecule has 0 unspecified atom stereocenters. The van der Waals surface area contributed by atoms with Gasteiger partial charge in [0.1, 0.15) is 0 Å². The zero-order valence-electron chi connectivity index (χ0n) is 7.18. The second-order valence-corrected chi connectivity index (χ2v) is 2.89. The van der Waals surface area contributed by atoms with Crippen molar-refractivity contribution in [3.8, 4) is 0 Å². The van der Waals surface area contributed by atoms with Gasteiger partial charge in [0, 0.05) is 6.92 Å². The van der Waals surface area contributed by atoms with Gasteiger partial charge in [-0.15, -0.1) is 0 Å². The fraction of sp³-hybridized carbons (Fsp3) is 0.625. The van der Waals surface area contributed by atoms with E-state index in [0.717, 1.165) is 0 Å². The van der Waals surface area contributed by atoms with Crippen LogP contribution in [0, 0.1) is 0 Å². The van der Waals surface area contributed by atoms with Crippen LogP contribution in [0.2, 0.25) is 0 Å². The topological polar surface area (TPSA) is 29.5 Å². The molecule has 0 N–H and O–H groups in total. The molecule has 11 heavy (non-hydrogen) atoms. The van der Waals surface area contributed by atoms with Crippen LogP contribution in [0.4, 0.5) is 0 Å². The van der Waals surface area contributed by atoms with Crippen LogP contribution in [0.3, 0.4) is 0 Å². The van der Waals surface area contributed by atoms with Crippen molar-refractivity contribution < 1.29 is 9.63 Å². The molecule has 1 aliphatic heterocycles. The summed E-state index contributed by atoms with van der Waals surface area (Å²) in [5.74, 6) is -0.0307. The summed E-state index contributed by atoms with van der Waals surface area (Å²) in [5.41, 5.74) is 2.45. The summed E-state index contributed by atoms with van der Waals surface area (Å²) in [4.78, 5) is 16.0. The molecular weight excluding hydrogens is 142 g/mol. The molecular formula is C8H13NO2. The predicted octanol–water partition coefficient (Wildman–Crippen LogP) is 1.12. The minimum absolute atomic E-state index is 0.0307. The number of nitrogens with zero attached hydrogens (tertiary/aromatic N) is 1. The molecule has 0 spiro atoms. The highest BCUT2D eigenvalue weighted by Gasteiger charge is 2.16. The van der Waals surface area contributed by atoms with E-state index in [0.29, 0.717) is 13.2 Å². The monoisotopic (exact) mass is 155 g/mol. The van der Waals surface area contributed by atoms with Crippen molar-refractivity contribution in [2.45, 2.75) is 20.8 Å². The van der Waals surface area contributed by atoms with Crippen LogP contribution in [0.5, 0.6) is 0 Å². The van der Waals surface area contributed by atoms with Crippen LogP contribution in [-0.2, 0) is 9.63 Å². The third-order valence-electron chi connectivity index (χ3n) is 1.90. The maximum atomic E-state index is 10.8. The molecule has 0 aromatic rings. The smallest absolute Gasteiger partial charge is 0.243 e. The van der Waals surface area contributed by atoms with Crippen LogP contribution < -0.4 is 0 Å². The number of carbonyl (C=O) groups is 1. The molecule has 0 atom stereocenters. The molecule has 0 aromatic carbocycles. The van der Waals surface area contributed by atoms with Gasteiger partial charge in [-0.25, -0.2) is 5.06 Å². The molecule has 3 nitrogen and oxygen atoms in total. The van der Waals surface area contributed by atoms with Gasteiger partial charge in [0.25, 0.3) is 0 Å². The first-order valence-electron chi connectivity index (χ1n) is 3.67. The number of amides is 1. The van der Waals surface area contributed by atoms with E-state index in [4.69, 9.17) is 4.84 Å². The van der Waals surface area contributed by atoms with Crippen LogP contribution in [0.25, 0.3) is 0 Å². The molecule has 1 amide bonds. The third kappa shape index (κ3) is 1.80. The van der Waals surface area contributed by atoms with Gasteiger partial charge in [-0.05, 0) is 19.4 Å². The van der Waals surface area contributed by atoms with Gasteiger partial charge in [-0.3, -0.25) is 9.63 Å². The van der Waals surface area contributed by atoms with E-state index in [1.807, 2.05) is 13.8 Å². The average Bonchev–Trinajstić information content (AvgIpc) is 1.94. The van der Waals surface area contributed by atoms with Crippen LogP contribution in [0.1, 0.15) is 20.8 Å². The van der Waals surface area contributed by atoms with Crippen molar-refractivity contribution >= 4 is 5.91 Å². The highest BCUT2D eigenvalue weighted by atomic mass is 16.7. The number of hydrogen-bond donors (Lipinski definition) is 0. The van der Waals surface area contributed by atoms with Crippen molar-refractivity contribution in [2.75, 3.05) is 13.2 Å². The van der Waals surface area contributed by atoms with Gasteiger partial charge in [0.15, 0.2) is 0 Å². The van der Waals surface area contributed by atoms with Crippen LogP contribution in [-0.4, -0.2) is 24.1 Å².